The van der Waals surface area contributed by atoms with Crippen molar-refractivity contribution >= 4 is 45.6 Å². The molecule has 0 aliphatic heterocycles. The Morgan fingerprint density at radius 1 is 1.03 bits per heavy atom. The zero-order chi connectivity index (χ0) is 22.9. The van der Waals surface area contributed by atoms with Crippen LogP contribution in [0.3, 0.4) is 0 Å². The molecule has 0 atom stereocenters. The third kappa shape index (κ3) is 6.32. The Morgan fingerprint density at radius 3 is 2.53 bits per heavy atom. The standard InChI is InChI=1S/C23H18BrClN2O5/c1-30-21-12-15(10-11-20(21)32-23(29)16-6-2-4-8-18(16)25)13-26-27-22(28)14-31-19-9-5-3-7-17(19)24/h2-13H,14H2,1H3,(H,27,28)/b26-13+. The van der Waals surface area contributed by atoms with Crippen LogP contribution in [0.1, 0.15) is 15.9 Å². The highest BCUT2D eigenvalue weighted by molar-refractivity contribution is 9.10. The van der Waals surface area contributed by atoms with E-state index in [1.807, 2.05) is 12.1 Å². The van der Waals surface area contributed by atoms with E-state index >= 15 is 0 Å². The van der Waals surface area contributed by atoms with Crippen LogP contribution in [0.5, 0.6) is 17.2 Å². The molecule has 0 saturated carbocycles. The molecule has 1 amide bonds. The molecule has 0 heterocycles. The monoisotopic (exact) mass is 516 g/mol. The quantitative estimate of drug-likeness (QED) is 0.200. The van der Waals surface area contributed by atoms with Gasteiger partial charge in [-0.15, -0.1) is 0 Å². The highest BCUT2D eigenvalue weighted by Gasteiger charge is 2.15. The van der Waals surface area contributed by atoms with Crippen LogP contribution in [0.2, 0.25) is 5.02 Å². The number of ether oxygens (including phenoxy) is 3. The molecule has 0 aliphatic carbocycles. The molecule has 0 aromatic heterocycles. The lowest BCUT2D eigenvalue weighted by atomic mass is 10.2. The van der Waals surface area contributed by atoms with Crippen molar-refractivity contribution in [2.24, 2.45) is 5.10 Å². The van der Waals surface area contributed by atoms with Gasteiger partial charge in [-0.05, 0) is 64.0 Å². The minimum Gasteiger partial charge on any atom is -0.493 e. The van der Waals surface area contributed by atoms with Gasteiger partial charge in [0.15, 0.2) is 18.1 Å². The first-order valence-corrected chi connectivity index (χ1v) is 10.5. The van der Waals surface area contributed by atoms with Gasteiger partial charge in [-0.3, -0.25) is 4.79 Å². The van der Waals surface area contributed by atoms with Gasteiger partial charge in [0.2, 0.25) is 0 Å². The maximum absolute atomic E-state index is 12.4. The molecule has 32 heavy (non-hydrogen) atoms. The van der Waals surface area contributed by atoms with E-state index in [-0.39, 0.29) is 17.9 Å². The summed E-state index contributed by atoms with van der Waals surface area (Å²) in [5.74, 6) is 0.0681. The summed E-state index contributed by atoms with van der Waals surface area (Å²) in [6, 6.07) is 18.6. The number of carbonyl (C=O) groups excluding carboxylic acids is 2. The lowest BCUT2D eigenvalue weighted by Crippen LogP contribution is -2.24. The van der Waals surface area contributed by atoms with Gasteiger partial charge >= 0.3 is 5.97 Å². The van der Waals surface area contributed by atoms with E-state index in [2.05, 4.69) is 26.5 Å². The van der Waals surface area contributed by atoms with E-state index < -0.39 is 11.9 Å². The minimum atomic E-state index is -0.604. The fraction of sp³-hybridized carbons (Fsp3) is 0.0870. The number of hydrazone groups is 1. The van der Waals surface area contributed by atoms with E-state index in [4.69, 9.17) is 25.8 Å². The predicted octanol–water partition coefficient (Wildman–Crippen LogP) is 4.86. The number of methoxy groups -OCH3 is 1. The van der Waals surface area contributed by atoms with Crippen LogP contribution in [0.4, 0.5) is 0 Å². The molecule has 0 saturated heterocycles. The van der Waals surface area contributed by atoms with Gasteiger partial charge in [-0.2, -0.15) is 5.10 Å². The molecule has 164 valence electrons. The van der Waals surface area contributed by atoms with Crippen molar-refractivity contribution in [2.45, 2.75) is 0 Å². The smallest absolute Gasteiger partial charge is 0.345 e. The van der Waals surface area contributed by atoms with Crippen molar-refractivity contribution in [1.29, 1.82) is 0 Å². The molecular formula is C23H18BrClN2O5. The molecule has 0 fully saturated rings. The van der Waals surface area contributed by atoms with Crippen LogP contribution in [-0.4, -0.2) is 31.8 Å². The summed E-state index contributed by atoms with van der Waals surface area (Å²) in [4.78, 5) is 24.3. The number of nitrogens with one attached hydrogen (secondary N) is 1. The summed E-state index contributed by atoms with van der Waals surface area (Å²) in [6.07, 6.45) is 1.43. The number of rotatable bonds is 8. The Labute approximate surface area is 198 Å². The van der Waals surface area contributed by atoms with Gasteiger partial charge in [-0.1, -0.05) is 35.9 Å². The molecular weight excluding hydrogens is 500 g/mol. The molecule has 9 heteroatoms. The molecule has 3 aromatic carbocycles. The van der Waals surface area contributed by atoms with Crippen LogP contribution < -0.4 is 19.6 Å². The Bertz CT molecular complexity index is 1150. The van der Waals surface area contributed by atoms with Crippen molar-refractivity contribution in [3.05, 3.63) is 87.4 Å². The lowest BCUT2D eigenvalue weighted by Gasteiger charge is -2.10. The number of carbonyl (C=O) groups is 2. The molecule has 7 nitrogen and oxygen atoms in total. The van der Waals surface area contributed by atoms with E-state index in [1.54, 1.807) is 54.6 Å². The number of nitrogens with zero attached hydrogens (tertiary/aromatic N) is 1. The normalized spacial score (nSPS) is 10.6. The average Bonchev–Trinajstić information content (AvgIpc) is 2.79. The Morgan fingerprint density at radius 2 is 1.78 bits per heavy atom. The van der Waals surface area contributed by atoms with Crippen LogP contribution in [-0.2, 0) is 4.79 Å². The van der Waals surface area contributed by atoms with E-state index in [1.165, 1.54) is 13.3 Å². The summed E-state index contributed by atoms with van der Waals surface area (Å²) in [7, 11) is 1.45. The molecule has 3 rings (SSSR count). The second kappa shape index (κ2) is 11.3. The Hall–Kier alpha value is -3.36. The average molecular weight is 518 g/mol. The SMILES string of the molecule is COc1cc(/C=N/NC(=O)COc2ccccc2Br)ccc1OC(=O)c1ccccc1Cl. The minimum absolute atomic E-state index is 0.194. The number of para-hydroxylation sites is 1. The summed E-state index contributed by atoms with van der Waals surface area (Å²) in [5, 5.41) is 4.20. The van der Waals surface area contributed by atoms with Crippen LogP contribution in [0, 0.1) is 0 Å². The second-order valence-electron chi connectivity index (χ2n) is 6.29. The van der Waals surface area contributed by atoms with Crippen molar-refractivity contribution in [2.75, 3.05) is 13.7 Å². The van der Waals surface area contributed by atoms with Gasteiger partial charge in [-0.25, -0.2) is 10.2 Å². The van der Waals surface area contributed by atoms with E-state index in [0.717, 1.165) is 4.47 Å². The first-order valence-electron chi connectivity index (χ1n) is 9.32. The van der Waals surface area contributed by atoms with Crippen molar-refractivity contribution in [1.82, 2.24) is 5.43 Å². The van der Waals surface area contributed by atoms with Gasteiger partial charge in [0.05, 0.1) is 28.4 Å². The van der Waals surface area contributed by atoms with Crippen molar-refractivity contribution in [3.63, 3.8) is 0 Å². The summed E-state index contributed by atoms with van der Waals surface area (Å²) < 4.78 is 16.9. The third-order valence-corrected chi connectivity index (χ3v) is 5.07. The zero-order valence-electron chi connectivity index (χ0n) is 16.9. The van der Waals surface area contributed by atoms with Crippen LogP contribution in [0.25, 0.3) is 0 Å². The zero-order valence-corrected chi connectivity index (χ0v) is 19.2. The number of hydrogen-bond donors (Lipinski definition) is 1. The van der Waals surface area contributed by atoms with Crippen LogP contribution in [0.15, 0.2) is 76.3 Å². The topological polar surface area (TPSA) is 86.2 Å². The van der Waals surface area contributed by atoms with Gasteiger partial charge < -0.3 is 14.2 Å². The van der Waals surface area contributed by atoms with Gasteiger partial charge in [0.1, 0.15) is 5.75 Å². The number of halogens is 2. The van der Waals surface area contributed by atoms with E-state index in [0.29, 0.717) is 22.1 Å². The highest BCUT2D eigenvalue weighted by atomic mass is 79.9. The fourth-order valence-electron chi connectivity index (χ4n) is 2.55. The molecule has 0 spiro atoms. The van der Waals surface area contributed by atoms with Crippen molar-refractivity contribution < 1.29 is 23.8 Å². The molecule has 3 aromatic rings. The summed E-state index contributed by atoms with van der Waals surface area (Å²) >= 11 is 9.38. The summed E-state index contributed by atoms with van der Waals surface area (Å²) in [6.45, 7) is -0.194. The first kappa shape index (κ1) is 23.3. The lowest BCUT2D eigenvalue weighted by molar-refractivity contribution is -0.123. The van der Waals surface area contributed by atoms with Gasteiger partial charge in [0.25, 0.3) is 5.91 Å². The highest BCUT2D eigenvalue weighted by Crippen LogP contribution is 2.29. The molecule has 0 aliphatic rings. The number of hydrogen-bond acceptors (Lipinski definition) is 6. The van der Waals surface area contributed by atoms with Crippen LogP contribution >= 0.6 is 27.5 Å². The maximum Gasteiger partial charge on any atom is 0.345 e. The number of benzene rings is 3. The molecule has 0 unspecified atom stereocenters. The predicted molar refractivity (Wildman–Crippen MR) is 125 cm³/mol. The Balaban J connectivity index is 1.58. The number of esters is 1. The molecule has 0 radical (unpaired) electrons. The fourth-order valence-corrected chi connectivity index (χ4v) is 3.16. The Kier molecular flexibility index (Phi) is 8.24. The largest absolute Gasteiger partial charge is 0.493 e. The maximum atomic E-state index is 12.4. The van der Waals surface area contributed by atoms with Crippen molar-refractivity contribution in [3.8, 4) is 17.2 Å². The van der Waals surface area contributed by atoms with E-state index in [9.17, 15) is 9.59 Å². The number of amides is 1. The summed E-state index contributed by atoms with van der Waals surface area (Å²) in [5.41, 5.74) is 3.24. The molecule has 0 bridgehead atoms. The van der Waals surface area contributed by atoms with Gasteiger partial charge in [0, 0.05) is 0 Å². The third-order valence-electron chi connectivity index (χ3n) is 4.08. The molecule has 1 N–H and O–H groups in total. The second-order valence-corrected chi connectivity index (χ2v) is 7.55. The first-order chi connectivity index (χ1) is 15.5.